The summed E-state index contributed by atoms with van der Waals surface area (Å²) < 4.78 is 20.0. The second-order valence-electron chi connectivity index (χ2n) is 5.28. The van der Waals surface area contributed by atoms with Crippen LogP contribution < -0.4 is 9.47 Å². The molecule has 0 aliphatic heterocycles. The highest BCUT2D eigenvalue weighted by Crippen LogP contribution is 2.39. The molecule has 0 aromatic heterocycles. The van der Waals surface area contributed by atoms with Crippen molar-refractivity contribution >= 4 is 17.2 Å². The molecule has 28 heavy (non-hydrogen) atoms. The van der Waals surface area contributed by atoms with Crippen molar-refractivity contribution in [2.24, 2.45) is 0 Å². The number of methoxy groups -OCH3 is 2. The molecule has 0 heterocycles. The molecule has 0 aliphatic carbocycles. The van der Waals surface area contributed by atoms with Crippen LogP contribution >= 0.6 is 0 Å². The average molecular weight is 392 g/mol. The fourth-order valence-electron chi connectivity index (χ4n) is 2.33. The Labute approximate surface area is 158 Å². The van der Waals surface area contributed by atoms with Crippen molar-refractivity contribution < 1.29 is 33.6 Å². The highest BCUT2D eigenvalue weighted by atomic mass is 16.7. The van der Waals surface area contributed by atoms with Crippen LogP contribution in [0.25, 0.3) is 0 Å². The first-order chi connectivity index (χ1) is 13.4. The van der Waals surface area contributed by atoms with E-state index in [-0.39, 0.29) is 36.2 Å². The number of nitrogens with zero attached hydrogens (tertiary/aromatic N) is 2. The monoisotopic (exact) mass is 392 g/mol. The van der Waals surface area contributed by atoms with Crippen LogP contribution in [0.4, 0.5) is 11.4 Å². The lowest BCUT2D eigenvalue weighted by molar-refractivity contribution is -0.386. The van der Waals surface area contributed by atoms with Crippen LogP contribution in [0.1, 0.15) is 15.9 Å². The topological polar surface area (TPSA) is 140 Å². The maximum Gasteiger partial charge on any atom is 0.315 e. The van der Waals surface area contributed by atoms with Crippen LogP contribution in [-0.4, -0.2) is 43.4 Å². The van der Waals surface area contributed by atoms with Crippen LogP contribution in [0.15, 0.2) is 36.4 Å². The molecule has 0 N–H and O–H groups in total. The molecule has 0 bridgehead atoms. The van der Waals surface area contributed by atoms with Crippen molar-refractivity contribution in [1.82, 2.24) is 0 Å². The van der Waals surface area contributed by atoms with Crippen LogP contribution in [0.3, 0.4) is 0 Å². The van der Waals surface area contributed by atoms with Gasteiger partial charge in [0.05, 0.1) is 9.85 Å². The number of hydrogen-bond acceptors (Lipinski definition) is 9. The first-order valence-electron chi connectivity index (χ1n) is 7.74. The van der Waals surface area contributed by atoms with Crippen molar-refractivity contribution in [2.75, 3.05) is 27.8 Å². The number of carbonyl (C=O) groups is 1. The summed E-state index contributed by atoms with van der Waals surface area (Å²) in [6.07, 6.45) is 0. The van der Waals surface area contributed by atoms with Crippen molar-refractivity contribution in [3.8, 4) is 11.5 Å². The fourth-order valence-corrected chi connectivity index (χ4v) is 2.33. The third-order valence-electron chi connectivity index (χ3n) is 3.49. The quantitative estimate of drug-likeness (QED) is 0.258. The van der Waals surface area contributed by atoms with E-state index in [9.17, 15) is 25.0 Å². The first-order valence-corrected chi connectivity index (χ1v) is 7.74. The summed E-state index contributed by atoms with van der Waals surface area (Å²) in [6, 6.07) is 7.44. The largest absolute Gasteiger partial charge is 0.463 e. The molecule has 0 aliphatic rings. The normalized spacial score (nSPS) is 10.4. The second-order valence-corrected chi connectivity index (χ2v) is 5.28. The molecule has 2 aromatic carbocycles. The first kappa shape index (κ1) is 20.7. The zero-order valence-corrected chi connectivity index (χ0v) is 14.9. The number of ether oxygens (including phenoxy) is 4. The number of hydrogen-bond donors (Lipinski definition) is 0. The molecule has 0 fully saturated rings. The smallest absolute Gasteiger partial charge is 0.315 e. The maximum absolute atomic E-state index is 12.8. The summed E-state index contributed by atoms with van der Waals surface area (Å²) in [5.41, 5.74) is -1.39. The molecule has 0 radical (unpaired) electrons. The van der Waals surface area contributed by atoms with Crippen molar-refractivity contribution in [1.29, 1.82) is 0 Å². The molecule has 11 nitrogen and oxygen atoms in total. The number of ketones is 1. The van der Waals surface area contributed by atoms with Gasteiger partial charge in [0.1, 0.15) is 5.56 Å². The van der Waals surface area contributed by atoms with Crippen LogP contribution in [-0.2, 0) is 9.47 Å². The number of rotatable bonds is 10. The van der Waals surface area contributed by atoms with E-state index < -0.39 is 27.0 Å². The third-order valence-corrected chi connectivity index (χ3v) is 3.49. The Morgan fingerprint density at radius 1 is 0.929 bits per heavy atom. The maximum atomic E-state index is 12.8. The van der Waals surface area contributed by atoms with Gasteiger partial charge in [0, 0.05) is 31.9 Å². The fraction of sp³-hybridized carbons (Fsp3) is 0.235. The minimum absolute atomic E-state index is 0.143. The molecule has 2 aromatic rings. The van der Waals surface area contributed by atoms with Crippen LogP contribution in [0, 0.1) is 20.2 Å². The van der Waals surface area contributed by atoms with Gasteiger partial charge < -0.3 is 18.9 Å². The van der Waals surface area contributed by atoms with Crippen molar-refractivity contribution in [3.63, 3.8) is 0 Å². The van der Waals surface area contributed by atoms with E-state index in [4.69, 9.17) is 18.9 Å². The SMILES string of the molecule is COCOc1cc(C(=O)c2ccccc2[N+](=O)[O-])cc([N+](=O)[O-])c1OCOC. The van der Waals surface area contributed by atoms with Crippen LogP contribution in [0.5, 0.6) is 11.5 Å². The summed E-state index contributed by atoms with van der Waals surface area (Å²) in [4.78, 5) is 34.0. The highest BCUT2D eigenvalue weighted by molar-refractivity contribution is 6.12. The van der Waals surface area contributed by atoms with Gasteiger partial charge in [-0.1, -0.05) is 12.1 Å². The van der Waals surface area contributed by atoms with Crippen LogP contribution in [0.2, 0.25) is 0 Å². The lowest BCUT2D eigenvalue weighted by Crippen LogP contribution is -2.10. The van der Waals surface area contributed by atoms with Gasteiger partial charge in [0.2, 0.25) is 5.75 Å². The zero-order valence-electron chi connectivity index (χ0n) is 14.9. The van der Waals surface area contributed by atoms with E-state index >= 15 is 0 Å². The molecule has 148 valence electrons. The van der Waals surface area contributed by atoms with E-state index in [0.717, 1.165) is 6.07 Å². The number of nitro groups is 2. The predicted octanol–water partition coefficient (Wildman–Crippen LogP) is 2.70. The molecular weight excluding hydrogens is 376 g/mol. The molecule has 0 unspecified atom stereocenters. The molecule has 11 heteroatoms. The Kier molecular flexibility index (Phi) is 6.96. The summed E-state index contributed by atoms with van der Waals surface area (Å²) in [6.45, 7) is -0.578. The number of benzene rings is 2. The highest BCUT2D eigenvalue weighted by Gasteiger charge is 2.28. The Bertz CT molecular complexity index is 898. The van der Waals surface area contributed by atoms with Crippen molar-refractivity contribution in [3.05, 3.63) is 67.8 Å². The summed E-state index contributed by atoms with van der Waals surface area (Å²) in [7, 11) is 2.67. The summed E-state index contributed by atoms with van der Waals surface area (Å²) in [5, 5.41) is 22.7. The van der Waals surface area contributed by atoms with E-state index in [1.807, 2.05) is 0 Å². The van der Waals surface area contributed by atoms with Gasteiger partial charge in [-0.15, -0.1) is 0 Å². The van der Waals surface area contributed by atoms with Gasteiger partial charge in [0.25, 0.3) is 5.69 Å². The average Bonchev–Trinajstić information content (AvgIpc) is 2.69. The Balaban J connectivity index is 2.61. The molecular formula is C17H16N2O9. The number of nitro benzene ring substituents is 2. The Morgan fingerprint density at radius 2 is 1.54 bits per heavy atom. The molecule has 0 amide bonds. The van der Waals surface area contributed by atoms with E-state index in [1.54, 1.807) is 0 Å². The minimum atomic E-state index is -0.782. The molecule has 2 rings (SSSR count). The van der Waals surface area contributed by atoms with Crippen molar-refractivity contribution in [2.45, 2.75) is 0 Å². The van der Waals surface area contributed by atoms with E-state index in [1.165, 1.54) is 44.6 Å². The minimum Gasteiger partial charge on any atom is -0.463 e. The van der Waals surface area contributed by atoms with E-state index in [0.29, 0.717) is 0 Å². The van der Waals surface area contributed by atoms with Gasteiger partial charge in [-0.3, -0.25) is 25.0 Å². The van der Waals surface area contributed by atoms with Gasteiger partial charge in [-0.05, 0) is 12.1 Å². The molecule has 0 saturated carbocycles. The number of para-hydroxylation sites is 1. The standard InChI is InChI=1S/C17H16N2O9/c1-25-9-27-15-8-11(7-14(19(23)24)17(15)28-10-26-2)16(20)12-5-3-4-6-13(12)18(21)22/h3-8H,9-10H2,1-2H3. The zero-order chi connectivity index (χ0) is 20.7. The molecule has 0 saturated heterocycles. The predicted molar refractivity (Wildman–Crippen MR) is 94.6 cm³/mol. The van der Waals surface area contributed by atoms with Gasteiger partial charge in [-0.2, -0.15) is 0 Å². The summed E-state index contributed by atoms with van der Waals surface area (Å²) >= 11 is 0. The number of carbonyl (C=O) groups excluding carboxylic acids is 1. The Hall–Kier alpha value is -3.57. The van der Waals surface area contributed by atoms with Gasteiger partial charge >= 0.3 is 5.69 Å². The Morgan fingerprint density at radius 3 is 2.14 bits per heavy atom. The third kappa shape index (κ3) is 4.58. The lowest BCUT2D eigenvalue weighted by atomic mass is 10.0. The molecule has 0 spiro atoms. The van der Waals surface area contributed by atoms with Gasteiger partial charge in [-0.25, -0.2) is 0 Å². The van der Waals surface area contributed by atoms with E-state index in [2.05, 4.69) is 0 Å². The lowest BCUT2D eigenvalue weighted by Gasteiger charge is -2.13. The second kappa shape index (κ2) is 9.39. The van der Waals surface area contributed by atoms with Gasteiger partial charge in [0.15, 0.2) is 25.1 Å². The summed E-state index contributed by atoms with van der Waals surface area (Å²) in [5.74, 6) is -1.19. The molecule has 0 atom stereocenters.